The van der Waals surface area contributed by atoms with Crippen molar-refractivity contribution in [1.29, 1.82) is 0 Å². The molecule has 1 N–H and O–H groups in total. The molecule has 0 unspecified atom stereocenters. The van der Waals surface area contributed by atoms with E-state index in [-0.39, 0.29) is 12.3 Å². The van der Waals surface area contributed by atoms with Crippen LogP contribution in [0.2, 0.25) is 0 Å². The molecule has 0 saturated carbocycles. The Hall–Kier alpha value is -2.47. The fourth-order valence-corrected chi connectivity index (χ4v) is 2.14. The van der Waals surface area contributed by atoms with Crippen LogP contribution in [0, 0.1) is 10.1 Å². The molecule has 0 atom stereocenters. The van der Waals surface area contributed by atoms with Crippen molar-refractivity contribution in [3.63, 3.8) is 0 Å². The number of hydrogen-bond acceptors (Lipinski definition) is 5. The van der Waals surface area contributed by atoms with Crippen LogP contribution >= 0.6 is 0 Å². The summed E-state index contributed by atoms with van der Waals surface area (Å²) in [5, 5.41) is 20.7. The van der Waals surface area contributed by atoms with Crippen molar-refractivity contribution in [2.45, 2.75) is 0 Å². The minimum Gasteiger partial charge on any atom is -0.395 e. The summed E-state index contributed by atoms with van der Waals surface area (Å²) in [6, 6.07) is 6.47. The van der Waals surface area contributed by atoms with E-state index in [1.165, 1.54) is 6.07 Å². The van der Waals surface area contributed by atoms with Crippen LogP contribution in [0.5, 0.6) is 0 Å². The lowest BCUT2D eigenvalue weighted by Gasteiger charge is -2.23. The first-order valence-electron chi connectivity index (χ1n) is 6.18. The number of benzene rings is 1. The highest BCUT2D eigenvalue weighted by molar-refractivity contribution is 5.97. The molecule has 1 heterocycles. The van der Waals surface area contributed by atoms with Crippen LogP contribution in [0.25, 0.3) is 10.9 Å². The molecule has 0 fully saturated rings. The summed E-state index contributed by atoms with van der Waals surface area (Å²) in [5.41, 5.74) is 1.33. The average Bonchev–Trinajstić information content (AvgIpc) is 2.45. The predicted octanol–water partition coefficient (Wildman–Crippen LogP) is 2.13. The molecular weight excluding hydrogens is 258 g/mol. The van der Waals surface area contributed by atoms with Gasteiger partial charge in [0.05, 0.1) is 22.6 Å². The fourth-order valence-electron chi connectivity index (χ4n) is 2.14. The second kappa shape index (κ2) is 6.12. The van der Waals surface area contributed by atoms with Crippen LogP contribution in [0.1, 0.15) is 0 Å². The topological polar surface area (TPSA) is 79.5 Å². The molecule has 0 saturated heterocycles. The Morgan fingerprint density at radius 1 is 1.45 bits per heavy atom. The average molecular weight is 273 g/mol. The van der Waals surface area contributed by atoms with Gasteiger partial charge < -0.3 is 10.0 Å². The zero-order valence-corrected chi connectivity index (χ0v) is 10.9. The van der Waals surface area contributed by atoms with Crippen LogP contribution in [0.4, 0.5) is 11.4 Å². The van der Waals surface area contributed by atoms with E-state index in [2.05, 4.69) is 11.6 Å². The highest BCUT2D eigenvalue weighted by Crippen LogP contribution is 2.31. The number of aliphatic hydroxyl groups excluding tert-OH is 1. The smallest absolute Gasteiger partial charge is 0.278 e. The van der Waals surface area contributed by atoms with E-state index in [1.54, 1.807) is 30.5 Å². The molecule has 104 valence electrons. The fraction of sp³-hybridized carbons (Fsp3) is 0.214. The Morgan fingerprint density at radius 3 is 2.90 bits per heavy atom. The van der Waals surface area contributed by atoms with Crippen molar-refractivity contribution in [2.24, 2.45) is 0 Å². The molecule has 2 aromatic rings. The van der Waals surface area contributed by atoms with Gasteiger partial charge in [-0.3, -0.25) is 15.1 Å². The van der Waals surface area contributed by atoms with Gasteiger partial charge in [0.15, 0.2) is 0 Å². The number of aromatic nitrogens is 1. The molecular formula is C14H15N3O3. The monoisotopic (exact) mass is 273 g/mol. The molecule has 20 heavy (non-hydrogen) atoms. The number of hydrogen-bond donors (Lipinski definition) is 1. The second-order valence-electron chi connectivity index (χ2n) is 4.22. The number of nitro benzene ring substituents is 1. The molecule has 0 aliphatic rings. The van der Waals surface area contributed by atoms with E-state index in [1.807, 2.05) is 4.90 Å². The van der Waals surface area contributed by atoms with Crippen LogP contribution < -0.4 is 4.90 Å². The molecule has 0 aliphatic carbocycles. The Labute approximate surface area is 116 Å². The summed E-state index contributed by atoms with van der Waals surface area (Å²) in [6.45, 7) is 4.61. The number of anilines is 1. The standard InChI is InChI=1S/C14H15N3O3/c1-2-8-16(9-10-18)13-6-5-12(17(19)20)11-4-3-7-15-14(11)13/h2-7,18H,1,8-10H2. The summed E-state index contributed by atoms with van der Waals surface area (Å²) in [7, 11) is 0. The van der Waals surface area contributed by atoms with Crippen molar-refractivity contribution in [1.82, 2.24) is 4.98 Å². The summed E-state index contributed by atoms with van der Waals surface area (Å²) < 4.78 is 0. The number of non-ortho nitro benzene ring substituents is 1. The van der Waals surface area contributed by atoms with E-state index in [0.717, 1.165) is 5.69 Å². The van der Waals surface area contributed by atoms with Gasteiger partial charge in [-0.15, -0.1) is 6.58 Å². The zero-order chi connectivity index (χ0) is 14.5. The Morgan fingerprint density at radius 2 is 2.25 bits per heavy atom. The lowest BCUT2D eigenvalue weighted by Crippen LogP contribution is -2.27. The van der Waals surface area contributed by atoms with Crippen molar-refractivity contribution >= 4 is 22.3 Å². The molecule has 0 aliphatic heterocycles. The lowest BCUT2D eigenvalue weighted by atomic mass is 10.1. The summed E-state index contributed by atoms with van der Waals surface area (Å²) in [6.07, 6.45) is 3.31. The van der Waals surface area contributed by atoms with Crippen molar-refractivity contribution < 1.29 is 10.0 Å². The Bertz CT molecular complexity index is 643. The number of nitrogens with zero attached hydrogens (tertiary/aromatic N) is 3. The lowest BCUT2D eigenvalue weighted by molar-refractivity contribution is -0.383. The first-order valence-corrected chi connectivity index (χ1v) is 6.18. The number of fused-ring (bicyclic) bond motifs is 1. The molecule has 0 spiro atoms. The van der Waals surface area contributed by atoms with Crippen LogP contribution in [-0.4, -0.2) is 34.7 Å². The van der Waals surface area contributed by atoms with E-state index < -0.39 is 4.92 Å². The van der Waals surface area contributed by atoms with Gasteiger partial charge in [-0.1, -0.05) is 6.08 Å². The minimum atomic E-state index is -0.419. The largest absolute Gasteiger partial charge is 0.395 e. The van der Waals surface area contributed by atoms with Crippen LogP contribution in [0.15, 0.2) is 43.1 Å². The van der Waals surface area contributed by atoms with Gasteiger partial charge in [0.25, 0.3) is 5.69 Å². The van der Waals surface area contributed by atoms with Gasteiger partial charge in [0.1, 0.15) is 5.52 Å². The molecule has 0 radical (unpaired) electrons. The Kier molecular flexibility index (Phi) is 4.27. The maximum atomic E-state index is 11.1. The van der Waals surface area contributed by atoms with E-state index in [9.17, 15) is 10.1 Å². The third-order valence-electron chi connectivity index (χ3n) is 2.98. The molecule has 1 aromatic carbocycles. The van der Waals surface area contributed by atoms with Gasteiger partial charge >= 0.3 is 0 Å². The molecule has 0 bridgehead atoms. The first-order chi connectivity index (χ1) is 9.69. The van der Waals surface area contributed by atoms with Crippen LogP contribution in [-0.2, 0) is 0 Å². The van der Waals surface area contributed by atoms with Crippen molar-refractivity contribution in [3.8, 4) is 0 Å². The number of pyridine rings is 1. The highest BCUT2D eigenvalue weighted by Gasteiger charge is 2.17. The summed E-state index contributed by atoms with van der Waals surface area (Å²) >= 11 is 0. The molecule has 0 amide bonds. The molecule has 2 rings (SSSR count). The first kappa shape index (κ1) is 14.0. The Balaban J connectivity index is 2.62. The third kappa shape index (κ3) is 2.60. The molecule has 1 aromatic heterocycles. The molecule has 6 nitrogen and oxygen atoms in total. The van der Waals surface area contributed by atoms with Crippen molar-refractivity contribution in [3.05, 3.63) is 53.2 Å². The number of aliphatic hydroxyl groups is 1. The van der Waals surface area contributed by atoms with Gasteiger partial charge in [-0.05, 0) is 18.2 Å². The van der Waals surface area contributed by atoms with Gasteiger partial charge in [0.2, 0.25) is 0 Å². The quantitative estimate of drug-likeness (QED) is 0.495. The van der Waals surface area contributed by atoms with Crippen LogP contribution in [0.3, 0.4) is 0 Å². The SMILES string of the molecule is C=CCN(CCO)c1ccc([N+](=O)[O-])c2cccnc12. The highest BCUT2D eigenvalue weighted by atomic mass is 16.6. The van der Waals surface area contributed by atoms with E-state index in [0.29, 0.717) is 24.0 Å². The van der Waals surface area contributed by atoms with E-state index in [4.69, 9.17) is 5.11 Å². The number of rotatable bonds is 6. The summed E-state index contributed by atoms with van der Waals surface area (Å²) in [5.74, 6) is 0. The number of nitro groups is 1. The minimum absolute atomic E-state index is 0.0147. The maximum absolute atomic E-state index is 11.1. The normalized spacial score (nSPS) is 10.4. The third-order valence-corrected chi connectivity index (χ3v) is 2.98. The van der Waals surface area contributed by atoms with Gasteiger partial charge in [-0.2, -0.15) is 0 Å². The molecule has 6 heteroatoms. The zero-order valence-electron chi connectivity index (χ0n) is 10.9. The maximum Gasteiger partial charge on any atom is 0.278 e. The summed E-state index contributed by atoms with van der Waals surface area (Å²) in [4.78, 5) is 16.8. The predicted molar refractivity (Wildman–Crippen MR) is 77.9 cm³/mol. The van der Waals surface area contributed by atoms with Crippen molar-refractivity contribution in [2.75, 3.05) is 24.6 Å². The second-order valence-corrected chi connectivity index (χ2v) is 4.22. The van der Waals surface area contributed by atoms with E-state index >= 15 is 0 Å². The van der Waals surface area contributed by atoms with Gasteiger partial charge in [-0.25, -0.2) is 0 Å². The van der Waals surface area contributed by atoms with Gasteiger partial charge in [0, 0.05) is 25.4 Å².